The zero-order chi connectivity index (χ0) is 29.5. The lowest BCUT2D eigenvalue weighted by Crippen LogP contribution is -2.49. The third-order valence-corrected chi connectivity index (χ3v) is 7.89. The molecule has 0 radical (unpaired) electrons. The molecule has 3 atom stereocenters. The molecule has 4 rings (SSSR count). The summed E-state index contributed by atoms with van der Waals surface area (Å²) in [5, 5.41) is 18.1. The molecule has 1 aliphatic rings. The molecule has 0 aliphatic carbocycles. The summed E-state index contributed by atoms with van der Waals surface area (Å²) in [5.41, 5.74) is 2.16. The highest BCUT2D eigenvalue weighted by atomic mass is 32.1. The van der Waals surface area contributed by atoms with Gasteiger partial charge in [0.2, 0.25) is 11.8 Å². The van der Waals surface area contributed by atoms with Gasteiger partial charge < -0.3 is 21.3 Å². The Balaban J connectivity index is 1.58. The van der Waals surface area contributed by atoms with E-state index in [1.165, 1.54) is 16.0 Å². The molecule has 218 valence electrons. The quantitative estimate of drug-likeness (QED) is 0.365. The Bertz CT molecular complexity index is 1380. The molecule has 3 heterocycles. The first kappa shape index (κ1) is 29.9. The van der Waals surface area contributed by atoms with Gasteiger partial charge in [0.15, 0.2) is 0 Å². The molecule has 1 aromatic carbocycles. The predicted molar refractivity (Wildman–Crippen MR) is 155 cm³/mol. The molecule has 0 fully saturated rings. The Kier molecular flexibility index (Phi) is 9.87. The minimum Gasteiger partial charge on any atom is -0.354 e. The maximum atomic E-state index is 13.5. The number of carbonyl (C=O) groups excluding carboxylic acids is 4. The Labute approximate surface area is 243 Å². The number of fused-ring (bicyclic) bond motifs is 2. The van der Waals surface area contributed by atoms with Crippen LogP contribution < -0.4 is 21.3 Å². The lowest BCUT2D eigenvalue weighted by Gasteiger charge is -2.25. The number of amides is 4. The Hall–Kier alpha value is -4.06. The van der Waals surface area contributed by atoms with Crippen LogP contribution >= 0.6 is 11.3 Å². The van der Waals surface area contributed by atoms with E-state index < -0.39 is 29.9 Å². The fourth-order valence-corrected chi connectivity index (χ4v) is 5.75. The monoisotopic (exact) mass is 579 g/mol. The van der Waals surface area contributed by atoms with E-state index in [0.717, 1.165) is 5.56 Å². The summed E-state index contributed by atoms with van der Waals surface area (Å²) >= 11 is 1.27. The van der Waals surface area contributed by atoms with E-state index in [2.05, 4.69) is 31.3 Å². The molecule has 0 saturated heterocycles. The van der Waals surface area contributed by atoms with Crippen LogP contribution in [0.1, 0.15) is 76.4 Å². The van der Waals surface area contributed by atoms with Crippen LogP contribution in [0.3, 0.4) is 0 Å². The molecule has 41 heavy (non-hydrogen) atoms. The second-order valence-electron chi connectivity index (χ2n) is 10.6. The third kappa shape index (κ3) is 7.78. The number of rotatable bonds is 5. The third-order valence-electron chi connectivity index (χ3n) is 6.96. The van der Waals surface area contributed by atoms with E-state index in [4.69, 9.17) is 0 Å². The van der Waals surface area contributed by atoms with Crippen molar-refractivity contribution in [3.8, 4) is 0 Å². The molecule has 0 spiro atoms. The highest BCUT2D eigenvalue weighted by Gasteiger charge is 2.30. The standard InChI is InChI=1S/C29H37N7O4S/c1-17(2)24-29-33-22(16-41-29)27(39)32-21(15-19-10-6-5-7-11-19)25(37)30-13-9-8-12-20(26(38)34-24)31-28(40)23-14-18(3)35-36(23)4/h5-7,10-11,14,16-17,20-21,24H,8-9,12-13,15H2,1-4H3,(H,30,37)(H,31,40)(H,32,39)(H,34,38)/t20-,21+,24+/m0/s1. The SMILES string of the molecule is Cc1cc(C(=O)N[C@H]2CCCCNC(=O)[C@@H](Cc3ccccc3)NC(=O)c3csc(n3)[C@@H](C(C)C)NC2=O)n(C)n1. The molecule has 1 aliphatic heterocycles. The van der Waals surface area contributed by atoms with Crippen molar-refractivity contribution in [2.24, 2.45) is 13.0 Å². The van der Waals surface area contributed by atoms with Crippen molar-refractivity contribution >= 4 is 35.0 Å². The van der Waals surface area contributed by atoms with Crippen LogP contribution in [-0.2, 0) is 23.1 Å². The lowest BCUT2D eigenvalue weighted by molar-refractivity contribution is -0.124. The van der Waals surface area contributed by atoms with Crippen molar-refractivity contribution in [2.75, 3.05) is 6.54 Å². The average molecular weight is 580 g/mol. The number of thiazole rings is 1. The summed E-state index contributed by atoms with van der Waals surface area (Å²) in [6.45, 7) is 6.07. The van der Waals surface area contributed by atoms with Gasteiger partial charge >= 0.3 is 0 Å². The molecule has 4 N–H and O–H groups in total. The van der Waals surface area contributed by atoms with Crippen LogP contribution in [0.2, 0.25) is 0 Å². The molecule has 11 nitrogen and oxygen atoms in total. The van der Waals surface area contributed by atoms with Gasteiger partial charge in [0.05, 0.1) is 11.7 Å². The van der Waals surface area contributed by atoms with E-state index in [0.29, 0.717) is 48.6 Å². The minimum absolute atomic E-state index is 0.0347. The molecule has 0 unspecified atom stereocenters. The normalized spacial score (nSPS) is 20.7. The van der Waals surface area contributed by atoms with Crippen molar-refractivity contribution in [1.82, 2.24) is 36.0 Å². The number of aryl methyl sites for hydroxylation is 2. The summed E-state index contributed by atoms with van der Waals surface area (Å²) in [4.78, 5) is 57.4. The van der Waals surface area contributed by atoms with Crippen LogP contribution in [0.25, 0.3) is 0 Å². The van der Waals surface area contributed by atoms with Crippen LogP contribution in [-0.4, -0.2) is 57.0 Å². The van der Waals surface area contributed by atoms with E-state index in [-0.39, 0.29) is 23.4 Å². The number of carbonyl (C=O) groups is 4. The zero-order valence-electron chi connectivity index (χ0n) is 23.8. The summed E-state index contributed by atoms with van der Waals surface area (Å²) < 4.78 is 1.48. The Morgan fingerprint density at radius 3 is 2.56 bits per heavy atom. The molecule has 0 saturated carbocycles. The number of nitrogens with zero attached hydrogens (tertiary/aromatic N) is 3. The van der Waals surface area contributed by atoms with Crippen molar-refractivity contribution in [3.63, 3.8) is 0 Å². The maximum absolute atomic E-state index is 13.5. The van der Waals surface area contributed by atoms with Gasteiger partial charge in [-0.2, -0.15) is 5.10 Å². The van der Waals surface area contributed by atoms with Gasteiger partial charge in [-0.3, -0.25) is 23.9 Å². The van der Waals surface area contributed by atoms with Crippen molar-refractivity contribution < 1.29 is 19.2 Å². The second kappa shape index (κ2) is 13.5. The number of aromatic nitrogens is 3. The molecule has 2 aromatic heterocycles. The zero-order valence-corrected chi connectivity index (χ0v) is 24.6. The summed E-state index contributed by atoms with van der Waals surface area (Å²) in [6.07, 6.45) is 1.88. The fourth-order valence-electron chi connectivity index (χ4n) is 4.73. The van der Waals surface area contributed by atoms with Crippen LogP contribution in [0, 0.1) is 12.8 Å². The summed E-state index contributed by atoms with van der Waals surface area (Å²) in [7, 11) is 1.68. The number of nitrogens with one attached hydrogen (secondary N) is 4. The van der Waals surface area contributed by atoms with E-state index >= 15 is 0 Å². The van der Waals surface area contributed by atoms with Gasteiger partial charge in [-0.05, 0) is 43.7 Å². The van der Waals surface area contributed by atoms with E-state index in [1.807, 2.05) is 44.2 Å². The first-order chi connectivity index (χ1) is 19.6. The van der Waals surface area contributed by atoms with Crippen LogP contribution in [0.5, 0.6) is 0 Å². The summed E-state index contributed by atoms with van der Waals surface area (Å²) in [5.74, 6) is -1.52. The van der Waals surface area contributed by atoms with Gasteiger partial charge in [-0.15, -0.1) is 11.3 Å². The van der Waals surface area contributed by atoms with Crippen LogP contribution in [0.4, 0.5) is 0 Å². The Morgan fingerprint density at radius 2 is 1.88 bits per heavy atom. The first-order valence-corrected chi connectivity index (χ1v) is 14.7. The fraction of sp³-hybridized carbons (Fsp3) is 0.448. The van der Waals surface area contributed by atoms with Gasteiger partial charge in [0.1, 0.15) is 28.5 Å². The molecular formula is C29H37N7O4S. The molecule has 4 amide bonds. The van der Waals surface area contributed by atoms with Gasteiger partial charge in [-0.1, -0.05) is 44.2 Å². The number of benzene rings is 1. The van der Waals surface area contributed by atoms with E-state index in [1.54, 1.807) is 25.4 Å². The van der Waals surface area contributed by atoms with Gasteiger partial charge in [0.25, 0.3) is 11.8 Å². The molecule has 2 bridgehead atoms. The maximum Gasteiger partial charge on any atom is 0.271 e. The number of hydrogen-bond acceptors (Lipinski definition) is 7. The molecule has 3 aromatic rings. The molecule has 12 heteroatoms. The highest BCUT2D eigenvalue weighted by molar-refractivity contribution is 7.09. The minimum atomic E-state index is -0.809. The van der Waals surface area contributed by atoms with Crippen molar-refractivity contribution in [3.05, 3.63) is 69.4 Å². The highest BCUT2D eigenvalue weighted by Crippen LogP contribution is 2.26. The van der Waals surface area contributed by atoms with Gasteiger partial charge in [0, 0.05) is 25.4 Å². The van der Waals surface area contributed by atoms with Crippen molar-refractivity contribution in [2.45, 2.75) is 64.6 Å². The van der Waals surface area contributed by atoms with Crippen molar-refractivity contribution in [1.29, 1.82) is 0 Å². The second-order valence-corrected chi connectivity index (χ2v) is 11.5. The first-order valence-electron chi connectivity index (χ1n) is 13.8. The topological polar surface area (TPSA) is 147 Å². The number of hydrogen-bond donors (Lipinski definition) is 4. The Morgan fingerprint density at radius 1 is 1.12 bits per heavy atom. The smallest absolute Gasteiger partial charge is 0.271 e. The predicted octanol–water partition coefficient (Wildman–Crippen LogP) is 2.44. The van der Waals surface area contributed by atoms with E-state index in [9.17, 15) is 19.2 Å². The van der Waals surface area contributed by atoms with Crippen LogP contribution in [0.15, 0.2) is 41.8 Å². The molecular weight excluding hydrogens is 542 g/mol. The largest absolute Gasteiger partial charge is 0.354 e. The van der Waals surface area contributed by atoms with Gasteiger partial charge in [-0.25, -0.2) is 4.98 Å². The summed E-state index contributed by atoms with van der Waals surface area (Å²) in [6, 6.07) is 9.12. The lowest BCUT2D eigenvalue weighted by atomic mass is 10.0. The average Bonchev–Trinajstić information content (AvgIpc) is 3.56.